The highest BCUT2D eigenvalue weighted by Gasteiger charge is 2.33. The second-order valence-corrected chi connectivity index (χ2v) is 9.40. The summed E-state index contributed by atoms with van der Waals surface area (Å²) in [5.41, 5.74) is 1.71. The van der Waals surface area contributed by atoms with Crippen molar-refractivity contribution in [1.82, 2.24) is 40.1 Å². The highest BCUT2D eigenvalue weighted by atomic mass is 16.6. The lowest BCUT2D eigenvalue weighted by Gasteiger charge is -2.35. The Bertz CT molecular complexity index is 1570. The summed E-state index contributed by atoms with van der Waals surface area (Å²) in [7, 11) is 3.01. The molecule has 1 amide bonds. The van der Waals surface area contributed by atoms with Gasteiger partial charge in [0.2, 0.25) is 0 Å². The van der Waals surface area contributed by atoms with E-state index < -0.39 is 6.09 Å². The maximum Gasteiger partial charge on any atom is 0.415 e. The third kappa shape index (κ3) is 6.73. The molecular weight excluding hydrogens is 560 g/mol. The lowest BCUT2D eigenvalue weighted by atomic mass is 9.92. The standard InChI is InChI=1S/C27H28N10O6/c1-40-7-8-42-27(39)37(22-15-29-20(13-30-22)17-11-31-25(41-2)32-12-17)18-3-5-19(6-4-18)43-26-33-10-16(9-28)23(35-26)24-21(38)14-34-36-24/h10-15,18-19,38H,3-8H2,1-2H3,(H,34,36). The summed E-state index contributed by atoms with van der Waals surface area (Å²) in [5, 5.41) is 25.9. The molecule has 0 spiro atoms. The number of ether oxygens (including phenoxy) is 4. The maximum absolute atomic E-state index is 13.2. The summed E-state index contributed by atoms with van der Waals surface area (Å²) in [6.45, 7) is 0.342. The number of H-pyrrole nitrogens is 1. The van der Waals surface area contributed by atoms with Crippen LogP contribution in [0.5, 0.6) is 17.8 Å². The normalized spacial score (nSPS) is 16.2. The summed E-state index contributed by atoms with van der Waals surface area (Å²) >= 11 is 0. The van der Waals surface area contributed by atoms with Crippen LogP contribution in [-0.4, -0.2) is 90.9 Å². The van der Waals surface area contributed by atoms with Crippen LogP contribution in [0.1, 0.15) is 31.2 Å². The highest BCUT2D eigenvalue weighted by Crippen LogP contribution is 2.31. The predicted molar refractivity (Wildman–Crippen MR) is 148 cm³/mol. The first kappa shape index (κ1) is 29.1. The average molecular weight is 589 g/mol. The first-order valence-corrected chi connectivity index (χ1v) is 13.3. The Morgan fingerprint density at radius 3 is 2.40 bits per heavy atom. The molecule has 1 fully saturated rings. The van der Waals surface area contributed by atoms with E-state index in [1.54, 1.807) is 18.6 Å². The fourth-order valence-electron chi connectivity index (χ4n) is 4.58. The number of nitrogens with one attached hydrogen (secondary N) is 1. The molecule has 4 aromatic rings. The molecule has 1 aliphatic carbocycles. The second-order valence-electron chi connectivity index (χ2n) is 9.40. The molecule has 16 heteroatoms. The van der Waals surface area contributed by atoms with E-state index in [1.165, 1.54) is 37.7 Å². The van der Waals surface area contributed by atoms with Crippen molar-refractivity contribution in [3.8, 4) is 46.5 Å². The Balaban J connectivity index is 1.29. The third-order valence-corrected chi connectivity index (χ3v) is 6.73. The number of hydrogen-bond donors (Lipinski definition) is 2. The van der Waals surface area contributed by atoms with Gasteiger partial charge in [-0.3, -0.25) is 15.0 Å². The Morgan fingerprint density at radius 2 is 1.77 bits per heavy atom. The molecule has 0 aromatic carbocycles. The number of aromatic hydroxyl groups is 1. The van der Waals surface area contributed by atoms with Crippen molar-refractivity contribution in [3.63, 3.8) is 0 Å². The maximum atomic E-state index is 13.2. The van der Waals surface area contributed by atoms with Gasteiger partial charge >= 0.3 is 18.1 Å². The molecule has 1 saturated carbocycles. The van der Waals surface area contributed by atoms with Crippen LogP contribution >= 0.6 is 0 Å². The topological polar surface area (TPSA) is 207 Å². The minimum Gasteiger partial charge on any atom is -0.504 e. The number of carbonyl (C=O) groups excluding carboxylic acids is 1. The van der Waals surface area contributed by atoms with Gasteiger partial charge in [0, 0.05) is 31.1 Å². The fraction of sp³-hybridized carbons (Fsp3) is 0.370. The number of carbonyl (C=O) groups is 1. The van der Waals surface area contributed by atoms with Crippen LogP contribution in [0.15, 0.2) is 37.2 Å². The Hall–Kier alpha value is -5.43. The van der Waals surface area contributed by atoms with Crippen molar-refractivity contribution >= 4 is 11.9 Å². The molecule has 0 bridgehead atoms. The van der Waals surface area contributed by atoms with Gasteiger partial charge in [0.15, 0.2) is 11.6 Å². The molecule has 222 valence electrons. The summed E-state index contributed by atoms with van der Waals surface area (Å²) < 4.78 is 21.5. The predicted octanol–water partition coefficient (Wildman–Crippen LogP) is 2.68. The minimum atomic E-state index is -0.560. The quantitative estimate of drug-likeness (QED) is 0.255. The van der Waals surface area contributed by atoms with E-state index in [0.29, 0.717) is 42.8 Å². The summed E-state index contributed by atoms with van der Waals surface area (Å²) in [4.78, 5) is 40.4. The number of rotatable bonds is 10. The molecule has 0 atom stereocenters. The van der Waals surface area contributed by atoms with Crippen LogP contribution in [0.25, 0.3) is 22.6 Å². The number of nitrogens with zero attached hydrogens (tertiary/aromatic N) is 9. The molecule has 4 aromatic heterocycles. The first-order chi connectivity index (χ1) is 21.0. The summed E-state index contributed by atoms with van der Waals surface area (Å²) in [6, 6.07) is 2.06. The molecule has 0 unspecified atom stereocenters. The minimum absolute atomic E-state index is 0.0613. The lowest BCUT2D eigenvalue weighted by Crippen LogP contribution is -2.45. The van der Waals surface area contributed by atoms with Crippen molar-refractivity contribution in [1.29, 1.82) is 5.26 Å². The Labute approximate surface area is 245 Å². The number of aromatic nitrogens is 8. The molecular formula is C27H28N10O6. The van der Waals surface area contributed by atoms with E-state index in [-0.39, 0.29) is 60.1 Å². The van der Waals surface area contributed by atoms with E-state index in [1.807, 2.05) is 6.07 Å². The van der Waals surface area contributed by atoms with Crippen LogP contribution in [0.4, 0.5) is 10.6 Å². The molecule has 0 aliphatic heterocycles. The zero-order valence-corrected chi connectivity index (χ0v) is 23.4. The second kappa shape index (κ2) is 13.5. The van der Waals surface area contributed by atoms with Crippen molar-refractivity contribution < 1.29 is 28.8 Å². The number of anilines is 1. The number of aromatic amines is 1. The van der Waals surface area contributed by atoms with Gasteiger partial charge in [-0.05, 0) is 25.7 Å². The SMILES string of the molecule is COCCOC(=O)N(c1cnc(-c2cnc(OC)nc2)cn1)C1CCC(Oc2ncc(C#N)c(-c3[nH]ncc3O)n2)CC1. The van der Waals surface area contributed by atoms with E-state index in [4.69, 9.17) is 18.9 Å². The average Bonchev–Trinajstić information content (AvgIpc) is 3.48. The van der Waals surface area contributed by atoms with E-state index in [2.05, 4.69) is 40.1 Å². The molecule has 0 saturated heterocycles. The van der Waals surface area contributed by atoms with Gasteiger partial charge in [0.25, 0.3) is 0 Å². The molecule has 5 rings (SSSR count). The van der Waals surface area contributed by atoms with Crippen LogP contribution in [0, 0.1) is 11.3 Å². The summed E-state index contributed by atoms with van der Waals surface area (Å²) in [5.74, 6) is 0.192. The van der Waals surface area contributed by atoms with E-state index in [9.17, 15) is 15.2 Å². The Kier molecular flexibility index (Phi) is 9.12. The molecule has 43 heavy (non-hydrogen) atoms. The van der Waals surface area contributed by atoms with Crippen LogP contribution < -0.4 is 14.4 Å². The van der Waals surface area contributed by atoms with Gasteiger partial charge in [-0.15, -0.1) is 0 Å². The van der Waals surface area contributed by atoms with E-state index >= 15 is 0 Å². The van der Waals surface area contributed by atoms with Crippen molar-refractivity contribution in [2.24, 2.45) is 0 Å². The van der Waals surface area contributed by atoms with Crippen LogP contribution in [0.2, 0.25) is 0 Å². The first-order valence-electron chi connectivity index (χ1n) is 13.3. The molecule has 2 N–H and O–H groups in total. The monoisotopic (exact) mass is 588 g/mol. The molecule has 1 aliphatic rings. The van der Waals surface area contributed by atoms with Crippen molar-refractivity contribution in [2.75, 3.05) is 32.3 Å². The van der Waals surface area contributed by atoms with Gasteiger partial charge in [-0.1, -0.05) is 0 Å². The smallest absolute Gasteiger partial charge is 0.415 e. The zero-order chi connectivity index (χ0) is 30.2. The van der Waals surface area contributed by atoms with E-state index in [0.717, 1.165) is 0 Å². The largest absolute Gasteiger partial charge is 0.504 e. The lowest BCUT2D eigenvalue weighted by molar-refractivity contribution is 0.0966. The number of methoxy groups -OCH3 is 2. The van der Waals surface area contributed by atoms with Crippen LogP contribution in [-0.2, 0) is 9.47 Å². The highest BCUT2D eigenvalue weighted by molar-refractivity contribution is 5.87. The molecule has 4 heterocycles. The van der Waals surface area contributed by atoms with Crippen molar-refractivity contribution in [3.05, 3.63) is 42.7 Å². The van der Waals surface area contributed by atoms with Gasteiger partial charge in [0.1, 0.15) is 30.2 Å². The van der Waals surface area contributed by atoms with Gasteiger partial charge in [-0.25, -0.2) is 24.7 Å². The van der Waals surface area contributed by atoms with Gasteiger partial charge < -0.3 is 24.1 Å². The molecule has 16 nitrogen and oxygen atoms in total. The summed E-state index contributed by atoms with van der Waals surface area (Å²) in [6.07, 6.45) is 10.3. The molecule has 0 radical (unpaired) electrons. The fourth-order valence-corrected chi connectivity index (χ4v) is 4.58. The zero-order valence-electron chi connectivity index (χ0n) is 23.4. The number of amides is 1. The third-order valence-electron chi connectivity index (χ3n) is 6.73. The van der Waals surface area contributed by atoms with Crippen LogP contribution in [0.3, 0.4) is 0 Å². The van der Waals surface area contributed by atoms with Crippen molar-refractivity contribution in [2.45, 2.75) is 37.8 Å². The Morgan fingerprint density at radius 1 is 1.00 bits per heavy atom. The van der Waals surface area contributed by atoms with Gasteiger partial charge in [-0.2, -0.15) is 15.3 Å². The number of hydrogen-bond acceptors (Lipinski definition) is 14. The van der Waals surface area contributed by atoms with Gasteiger partial charge in [0.05, 0.1) is 49.8 Å². The number of nitriles is 1.